The Hall–Kier alpha value is -3.39. The van der Waals surface area contributed by atoms with Crippen LogP contribution in [0.25, 0.3) is 0 Å². The number of aliphatic carboxylic acids is 2. The summed E-state index contributed by atoms with van der Waals surface area (Å²) in [6.07, 6.45) is 2.75. The number of piperidine rings is 1. The molecule has 2 aromatic carbocycles. The minimum Gasteiger partial charge on any atom is -0.497 e. The van der Waals surface area contributed by atoms with Gasteiger partial charge in [-0.15, -0.1) is 0 Å². The van der Waals surface area contributed by atoms with Crippen LogP contribution in [0.15, 0.2) is 54.6 Å². The van der Waals surface area contributed by atoms with Crippen molar-refractivity contribution in [3.8, 4) is 5.75 Å². The van der Waals surface area contributed by atoms with Gasteiger partial charge in [-0.25, -0.2) is 9.59 Å². The van der Waals surface area contributed by atoms with Gasteiger partial charge < -0.3 is 20.3 Å². The van der Waals surface area contributed by atoms with Crippen molar-refractivity contribution >= 4 is 17.8 Å². The van der Waals surface area contributed by atoms with Crippen LogP contribution in [0.1, 0.15) is 24.0 Å². The second-order valence-corrected chi connectivity index (χ2v) is 7.54. The molecule has 32 heavy (non-hydrogen) atoms. The van der Waals surface area contributed by atoms with E-state index in [0.717, 1.165) is 44.6 Å². The number of rotatable bonds is 7. The van der Waals surface area contributed by atoms with E-state index in [0.29, 0.717) is 6.54 Å². The minimum atomic E-state index is -1.82. The molecule has 0 aliphatic carbocycles. The normalized spacial score (nSPS) is 14.0. The second kappa shape index (κ2) is 13.1. The molecule has 2 aromatic rings. The van der Waals surface area contributed by atoms with Gasteiger partial charge in [0.2, 0.25) is 5.91 Å². The SMILES string of the molecule is COc1cccc(CN2CCC(C(=O)NCCc3ccccc3)CC2)c1.O=C(O)C(=O)O. The molecule has 0 aromatic heterocycles. The van der Waals surface area contributed by atoms with E-state index in [1.165, 1.54) is 11.1 Å². The molecule has 3 N–H and O–H groups in total. The van der Waals surface area contributed by atoms with Crippen LogP contribution in [0.2, 0.25) is 0 Å². The Morgan fingerprint density at radius 1 is 0.969 bits per heavy atom. The summed E-state index contributed by atoms with van der Waals surface area (Å²) in [6.45, 7) is 3.56. The molecule has 1 saturated heterocycles. The molecule has 8 nitrogen and oxygen atoms in total. The van der Waals surface area contributed by atoms with Crippen LogP contribution in [-0.2, 0) is 27.3 Å². The summed E-state index contributed by atoms with van der Waals surface area (Å²) >= 11 is 0. The third kappa shape index (κ3) is 8.77. The maximum atomic E-state index is 12.4. The van der Waals surface area contributed by atoms with E-state index in [1.54, 1.807) is 7.11 Å². The molecule has 0 radical (unpaired) electrons. The zero-order valence-electron chi connectivity index (χ0n) is 18.2. The molecule has 0 bridgehead atoms. The van der Waals surface area contributed by atoms with Crippen molar-refractivity contribution in [1.29, 1.82) is 0 Å². The Morgan fingerprint density at radius 2 is 1.59 bits per heavy atom. The van der Waals surface area contributed by atoms with Gasteiger partial charge in [0.05, 0.1) is 7.11 Å². The first-order chi connectivity index (χ1) is 15.4. The molecule has 1 aliphatic rings. The molecule has 0 atom stereocenters. The van der Waals surface area contributed by atoms with E-state index in [4.69, 9.17) is 24.5 Å². The Morgan fingerprint density at radius 3 is 2.19 bits per heavy atom. The molecule has 1 aliphatic heterocycles. The monoisotopic (exact) mass is 442 g/mol. The third-order valence-corrected chi connectivity index (χ3v) is 5.24. The number of amides is 1. The van der Waals surface area contributed by atoms with Crippen LogP contribution >= 0.6 is 0 Å². The molecule has 1 amide bonds. The van der Waals surface area contributed by atoms with E-state index in [2.05, 4.69) is 34.5 Å². The zero-order valence-corrected chi connectivity index (χ0v) is 18.2. The van der Waals surface area contributed by atoms with Gasteiger partial charge in [-0.05, 0) is 55.6 Å². The van der Waals surface area contributed by atoms with E-state index < -0.39 is 11.9 Å². The first kappa shape index (κ1) is 24.9. The number of carboxylic acid groups (broad SMARTS) is 2. The number of methoxy groups -OCH3 is 1. The number of hydrogen-bond donors (Lipinski definition) is 3. The molecule has 1 fully saturated rings. The number of nitrogens with zero attached hydrogens (tertiary/aromatic N) is 1. The predicted molar refractivity (Wildman–Crippen MR) is 119 cm³/mol. The fraction of sp³-hybridized carbons (Fsp3) is 0.375. The van der Waals surface area contributed by atoms with E-state index in [1.807, 2.05) is 30.3 Å². The molecule has 8 heteroatoms. The first-order valence-electron chi connectivity index (χ1n) is 10.5. The van der Waals surface area contributed by atoms with Crippen LogP contribution in [0.4, 0.5) is 0 Å². The van der Waals surface area contributed by atoms with Gasteiger partial charge in [0.25, 0.3) is 0 Å². The lowest BCUT2D eigenvalue weighted by molar-refractivity contribution is -0.159. The molecule has 172 valence electrons. The third-order valence-electron chi connectivity index (χ3n) is 5.24. The van der Waals surface area contributed by atoms with Crippen LogP contribution in [0, 0.1) is 5.92 Å². The van der Waals surface area contributed by atoms with Crippen molar-refractivity contribution in [2.24, 2.45) is 5.92 Å². The molecule has 0 spiro atoms. The summed E-state index contributed by atoms with van der Waals surface area (Å²) in [7, 11) is 1.70. The van der Waals surface area contributed by atoms with Gasteiger partial charge in [-0.3, -0.25) is 9.69 Å². The van der Waals surface area contributed by atoms with Gasteiger partial charge >= 0.3 is 11.9 Å². The predicted octanol–water partition coefficient (Wildman–Crippen LogP) is 2.42. The summed E-state index contributed by atoms with van der Waals surface area (Å²) in [5, 5.41) is 17.9. The quantitative estimate of drug-likeness (QED) is 0.564. The smallest absolute Gasteiger partial charge is 0.414 e. The van der Waals surface area contributed by atoms with Gasteiger partial charge in [0.15, 0.2) is 0 Å². The Balaban J connectivity index is 0.000000534. The zero-order chi connectivity index (χ0) is 23.3. The topological polar surface area (TPSA) is 116 Å². The highest BCUT2D eigenvalue weighted by molar-refractivity contribution is 6.27. The Kier molecular flexibility index (Phi) is 10.2. The average molecular weight is 443 g/mol. The Labute approximate surface area is 187 Å². The molecule has 0 saturated carbocycles. The lowest BCUT2D eigenvalue weighted by Crippen LogP contribution is -2.40. The summed E-state index contributed by atoms with van der Waals surface area (Å²) < 4.78 is 5.29. The minimum absolute atomic E-state index is 0.146. The number of ether oxygens (including phenoxy) is 1. The first-order valence-corrected chi connectivity index (χ1v) is 10.5. The van der Waals surface area contributed by atoms with Gasteiger partial charge in [-0.1, -0.05) is 42.5 Å². The van der Waals surface area contributed by atoms with E-state index >= 15 is 0 Å². The van der Waals surface area contributed by atoms with Crippen LogP contribution < -0.4 is 10.1 Å². The number of carbonyl (C=O) groups excluding carboxylic acids is 1. The maximum Gasteiger partial charge on any atom is 0.414 e. The Bertz CT molecular complexity index is 867. The number of hydrogen-bond acceptors (Lipinski definition) is 5. The van der Waals surface area contributed by atoms with Crippen molar-refractivity contribution in [3.05, 3.63) is 65.7 Å². The van der Waals surface area contributed by atoms with Crippen molar-refractivity contribution in [3.63, 3.8) is 0 Å². The van der Waals surface area contributed by atoms with Crippen LogP contribution in [0.5, 0.6) is 5.75 Å². The largest absolute Gasteiger partial charge is 0.497 e. The lowest BCUT2D eigenvalue weighted by atomic mass is 9.95. The molecular formula is C24H30N2O6. The standard InChI is InChI=1S/C22H28N2O2.C2H2O4/c1-26-21-9-5-8-19(16-21)17-24-14-11-20(12-15-24)22(25)23-13-10-18-6-3-2-4-7-18;3-1(4)2(5)6/h2-9,16,20H,10-15,17H2,1H3,(H,23,25);(H,3,4)(H,5,6). The van der Waals surface area contributed by atoms with Crippen molar-refractivity contribution in [1.82, 2.24) is 10.2 Å². The number of benzene rings is 2. The highest BCUT2D eigenvalue weighted by atomic mass is 16.5. The molecular weight excluding hydrogens is 412 g/mol. The molecule has 1 heterocycles. The summed E-state index contributed by atoms with van der Waals surface area (Å²) in [4.78, 5) is 33.0. The fourth-order valence-electron chi connectivity index (χ4n) is 3.50. The van der Waals surface area contributed by atoms with Gasteiger partial charge in [0.1, 0.15) is 5.75 Å². The van der Waals surface area contributed by atoms with E-state index in [9.17, 15) is 4.79 Å². The van der Waals surface area contributed by atoms with Crippen molar-refractivity contribution < 1.29 is 29.3 Å². The number of nitrogens with one attached hydrogen (secondary N) is 1. The summed E-state index contributed by atoms with van der Waals surface area (Å²) in [6, 6.07) is 18.5. The highest BCUT2D eigenvalue weighted by Gasteiger charge is 2.24. The van der Waals surface area contributed by atoms with E-state index in [-0.39, 0.29) is 11.8 Å². The number of carbonyl (C=O) groups is 3. The lowest BCUT2D eigenvalue weighted by Gasteiger charge is -2.31. The fourth-order valence-corrected chi connectivity index (χ4v) is 3.50. The average Bonchev–Trinajstić information content (AvgIpc) is 2.80. The summed E-state index contributed by atoms with van der Waals surface area (Å²) in [5.41, 5.74) is 2.52. The van der Waals surface area contributed by atoms with Crippen LogP contribution in [-0.4, -0.2) is 59.7 Å². The van der Waals surface area contributed by atoms with Crippen molar-refractivity contribution in [2.45, 2.75) is 25.8 Å². The maximum absolute atomic E-state index is 12.4. The molecule has 0 unspecified atom stereocenters. The van der Waals surface area contributed by atoms with Crippen LogP contribution in [0.3, 0.4) is 0 Å². The number of likely N-dealkylation sites (tertiary alicyclic amines) is 1. The van der Waals surface area contributed by atoms with Gasteiger partial charge in [0, 0.05) is 19.0 Å². The number of carboxylic acids is 2. The van der Waals surface area contributed by atoms with Gasteiger partial charge in [-0.2, -0.15) is 0 Å². The highest BCUT2D eigenvalue weighted by Crippen LogP contribution is 2.21. The van der Waals surface area contributed by atoms with Crippen molar-refractivity contribution in [2.75, 3.05) is 26.7 Å². The molecule has 3 rings (SSSR count). The summed E-state index contributed by atoms with van der Waals surface area (Å²) in [5.74, 6) is -2.39. The second-order valence-electron chi connectivity index (χ2n) is 7.54.